The van der Waals surface area contributed by atoms with Crippen molar-refractivity contribution in [1.82, 2.24) is 24.4 Å². The van der Waals surface area contributed by atoms with E-state index in [9.17, 15) is 0 Å². The SMILES string of the molecule is CN(C/C=C\CN)C[C@H]1O[C@@H](n2cnc3cncnc32)[C@@H]2OC(C)(C)O[C@@H]21. The first kappa shape index (κ1) is 18.5. The van der Waals surface area contributed by atoms with Crippen LogP contribution >= 0.6 is 0 Å². The maximum atomic E-state index is 6.37. The molecule has 0 bridgehead atoms. The van der Waals surface area contributed by atoms with Gasteiger partial charge in [-0.25, -0.2) is 15.0 Å². The van der Waals surface area contributed by atoms with Crippen molar-refractivity contribution >= 4 is 11.2 Å². The van der Waals surface area contributed by atoms with Gasteiger partial charge < -0.3 is 24.8 Å². The van der Waals surface area contributed by atoms with E-state index in [0.717, 1.165) is 17.7 Å². The highest BCUT2D eigenvalue weighted by Gasteiger charge is 2.56. The second-order valence-corrected chi connectivity index (χ2v) is 7.44. The number of ether oxygens (including phenoxy) is 3. The number of rotatable bonds is 6. The fourth-order valence-corrected chi connectivity index (χ4v) is 3.73. The second kappa shape index (κ2) is 7.25. The monoisotopic (exact) mass is 374 g/mol. The Morgan fingerprint density at radius 3 is 2.89 bits per heavy atom. The molecule has 0 radical (unpaired) electrons. The van der Waals surface area contributed by atoms with Crippen LogP contribution in [0.3, 0.4) is 0 Å². The van der Waals surface area contributed by atoms with E-state index in [1.807, 2.05) is 31.5 Å². The summed E-state index contributed by atoms with van der Waals surface area (Å²) in [6.07, 6.45) is 8.07. The summed E-state index contributed by atoms with van der Waals surface area (Å²) in [5.74, 6) is -0.654. The average Bonchev–Trinajstić information content (AvgIpc) is 3.27. The summed E-state index contributed by atoms with van der Waals surface area (Å²) in [7, 11) is 2.05. The Labute approximate surface area is 158 Å². The topological polar surface area (TPSA) is 101 Å². The van der Waals surface area contributed by atoms with Gasteiger partial charge in [0.2, 0.25) is 0 Å². The molecule has 4 atom stereocenters. The zero-order valence-corrected chi connectivity index (χ0v) is 15.9. The summed E-state index contributed by atoms with van der Waals surface area (Å²) in [5.41, 5.74) is 6.96. The maximum Gasteiger partial charge on any atom is 0.166 e. The van der Waals surface area contributed by atoms with Crippen LogP contribution in [0, 0.1) is 0 Å². The molecule has 2 aliphatic heterocycles. The minimum absolute atomic E-state index is 0.127. The largest absolute Gasteiger partial charge is 0.348 e. The van der Waals surface area contributed by atoms with E-state index in [0.29, 0.717) is 13.1 Å². The fraction of sp³-hybridized carbons (Fsp3) is 0.611. The lowest BCUT2D eigenvalue weighted by molar-refractivity contribution is -0.197. The van der Waals surface area contributed by atoms with Crippen molar-refractivity contribution in [2.24, 2.45) is 5.73 Å². The van der Waals surface area contributed by atoms with Crippen molar-refractivity contribution in [3.8, 4) is 0 Å². The second-order valence-electron chi connectivity index (χ2n) is 7.44. The van der Waals surface area contributed by atoms with E-state index < -0.39 is 5.79 Å². The number of likely N-dealkylation sites (N-methyl/N-ethyl adjacent to an activating group) is 1. The minimum Gasteiger partial charge on any atom is -0.348 e. The first-order valence-corrected chi connectivity index (χ1v) is 9.16. The maximum absolute atomic E-state index is 6.37. The van der Waals surface area contributed by atoms with E-state index in [4.69, 9.17) is 19.9 Å². The van der Waals surface area contributed by atoms with Gasteiger partial charge in [-0.15, -0.1) is 0 Å². The fourth-order valence-electron chi connectivity index (χ4n) is 3.73. The van der Waals surface area contributed by atoms with Gasteiger partial charge in [-0.05, 0) is 20.9 Å². The molecule has 146 valence electrons. The number of hydrogen-bond acceptors (Lipinski definition) is 8. The highest BCUT2D eigenvalue weighted by atomic mass is 16.8. The van der Waals surface area contributed by atoms with Crippen LogP contribution in [-0.2, 0) is 14.2 Å². The van der Waals surface area contributed by atoms with E-state index in [1.54, 1.807) is 12.5 Å². The number of fused-ring (bicyclic) bond motifs is 2. The average molecular weight is 374 g/mol. The quantitative estimate of drug-likeness (QED) is 0.737. The molecule has 2 aromatic rings. The Bertz CT molecular complexity index is 822. The first-order chi connectivity index (χ1) is 13.0. The third-order valence-electron chi connectivity index (χ3n) is 4.85. The van der Waals surface area contributed by atoms with E-state index in [-0.39, 0.29) is 24.5 Å². The Hall–Kier alpha value is -1.91. The standard InChI is InChI=1S/C18H26N6O3/c1-18(2)26-14-13(9-23(3)7-5-4-6-19)25-17(15(14)27-18)24-11-22-12-8-20-10-21-16(12)24/h4-5,8,10-11,13-15,17H,6-7,9,19H2,1-3H3/b5-4-/t13-,14-,15-,17-/m1/s1. The lowest BCUT2D eigenvalue weighted by Crippen LogP contribution is -2.38. The van der Waals surface area contributed by atoms with Gasteiger partial charge in [-0.1, -0.05) is 12.2 Å². The van der Waals surface area contributed by atoms with Gasteiger partial charge in [-0.2, -0.15) is 0 Å². The molecule has 9 nitrogen and oxygen atoms in total. The zero-order chi connectivity index (χ0) is 19.0. The summed E-state index contributed by atoms with van der Waals surface area (Å²) in [5, 5.41) is 0. The Balaban J connectivity index is 1.57. The third-order valence-corrected chi connectivity index (χ3v) is 4.85. The van der Waals surface area contributed by atoms with Crippen LogP contribution in [0.5, 0.6) is 0 Å². The molecule has 0 saturated carbocycles. The van der Waals surface area contributed by atoms with Crippen LogP contribution in [0.25, 0.3) is 11.2 Å². The molecule has 0 aliphatic carbocycles. The molecule has 4 rings (SSSR count). The summed E-state index contributed by atoms with van der Waals surface area (Å²) in [6.45, 7) is 5.92. The van der Waals surface area contributed by atoms with Gasteiger partial charge in [0, 0.05) is 19.6 Å². The first-order valence-electron chi connectivity index (χ1n) is 9.16. The van der Waals surface area contributed by atoms with Gasteiger partial charge in [0.25, 0.3) is 0 Å². The molecule has 0 aromatic carbocycles. The molecule has 2 saturated heterocycles. The number of aromatic nitrogens is 4. The molecule has 2 aliphatic rings. The molecule has 2 fully saturated rings. The number of nitrogens with zero attached hydrogens (tertiary/aromatic N) is 5. The molecule has 0 unspecified atom stereocenters. The van der Waals surface area contributed by atoms with Crippen molar-refractivity contribution in [3.63, 3.8) is 0 Å². The highest BCUT2D eigenvalue weighted by molar-refractivity contribution is 5.69. The molecule has 4 heterocycles. The highest BCUT2D eigenvalue weighted by Crippen LogP contribution is 2.43. The Kier molecular flexibility index (Phi) is 4.95. The van der Waals surface area contributed by atoms with Crippen LogP contribution < -0.4 is 5.73 Å². The Morgan fingerprint density at radius 1 is 1.26 bits per heavy atom. The van der Waals surface area contributed by atoms with Crippen LogP contribution in [0.4, 0.5) is 0 Å². The lowest BCUT2D eigenvalue weighted by atomic mass is 10.1. The summed E-state index contributed by atoms with van der Waals surface area (Å²) in [4.78, 5) is 14.9. The molecule has 2 aromatic heterocycles. The van der Waals surface area contributed by atoms with Crippen molar-refractivity contribution < 1.29 is 14.2 Å². The summed E-state index contributed by atoms with van der Waals surface area (Å²) < 4.78 is 20.6. The van der Waals surface area contributed by atoms with Crippen molar-refractivity contribution in [1.29, 1.82) is 0 Å². The van der Waals surface area contributed by atoms with Gasteiger partial charge in [0.05, 0.1) is 12.5 Å². The predicted octanol–water partition coefficient (Wildman–Crippen LogP) is 0.691. The van der Waals surface area contributed by atoms with E-state index in [1.165, 1.54) is 6.33 Å². The number of nitrogens with two attached hydrogens (primary N) is 1. The molecule has 2 N–H and O–H groups in total. The van der Waals surface area contributed by atoms with E-state index in [2.05, 4.69) is 25.9 Å². The lowest BCUT2D eigenvalue weighted by Gasteiger charge is -2.26. The van der Waals surface area contributed by atoms with Crippen molar-refractivity contribution in [3.05, 3.63) is 31.0 Å². The van der Waals surface area contributed by atoms with Gasteiger partial charge in [0.1, 0.15) is 30.2 Å². The van der Waals surface area contributed by atoms with Gasteiger partial charge >= 0.3 is 0 Å². The number of hydrogen-bond donors (Lipinski definition) is 1. The molecular formula is C18H26N6O3. The normalized spacial score (nSPS) is 30.0. The third kappa shape index (κ3) is 3.61. The van der Waals surface area contributed by atoms with Crippen LogP contribution in [0.1, 0.15) is 20.1 Å². The van der Waals surface area contributed by atoms with E-state index >= 15 is 0 Å². The molecule has 0 spiro atoms. The van der Waals surface area contributed by atoms with Crippen molar-refractivity contribution in [2.45, 2.75) is 44.2 Å². The van der Waals surface area contributed by atoms with Gasteiger partial charge in [0.15, 0.2) is 17.7 Å². The van der Waals surface area contributed by atoms with Crippen molar-refractivity contribution in [2.75, 3.05) is 26.7 Å². The summed E-state index contributed by atoms with van der Waals surface area (Å²) >= 11 is 0. The molecule has 9 heteroatoms. The van der Waals surface area contributed by atoms with Crippen LogP contribution in [0.15, 0.2) is 31.0 Å². The molecule has 0 amide bonds. The number of imidazole rings is 1. The molecular weight excluding hydrogens is 348 g/mol. The van der Waals surface area contributed by atoms with Gasteiger partial charge in [-0.3, -0.25) is 4.57 Å². The Morgan fingerprint density at radius 2 is 2.07 bits per heavy atom. The zero-order valence-electron chi connectivity index (χ0n) is 15.9. The van der Waals surface area contributed by atoms with Crippen LogP contribution in [0.2, 0.25) is 0 Å². The predicted molar refractivity (Wildman–Crippen MR) is 98.7 cm³/mol. The minimum atomic E-state index is -0.654. The molecule has 27 heavy (non-hydrogen) atoms. The summed E-state index contributed by atoms with van der Waals surface area (Å²) in [6, 6.07) is 0. The smallest absolute Gasteiger partial charge is 0.166 e. The van der Waals surface area contributed by atoms with Crippen LogP contribution in [-0.4, -0.2) is 75.2 Å².